The smallest absolute Gasteiger partial charge is 0.292 e. The summed E-state index contributed by atoms with van der Waals surface area (Å²) in [4.78, 5) is 0. The van der Waals surface area contributed by atoms with E-state index in [9.17, 15) is 0 Å². The summed E-state index contributed by atoms with van der Waals surface area (Å²) in [6, 6.07) is 13.2. The van der Waals surface area contributed by atoms with Crippen LogP contribution in [0, 0.1) is 6.92 Å². The minimum atomic E-state index is 0.583. The first kappa shape index (κ1) is 12.9. The summed E-state index contributed by atoms with van der Waals surface area (Å²) in [6.07, 6.45) is 4.63. The summed E-state index contributed by atoms with van der Waals surface area (Å²) in [7, 11) is 0. The molecule has 3 aromatic rings. The fraction of sp³-hybridized carbons (Fsp3) is 0.250. The second-order valence-corrected chi connectivity index (χ2v) is 6.41. The number of allylic oxidation sites excluding steroid dienone is 1. The van der Waals surface area contributed by atoms with Crippen molar-refractivity contribution in [2.24, 2.45) is 0 Å². The number of hydrogen-bond acceptors (Lipinski definition) is 2. The monoisotopic (exact) mass is 303 g/mol. The molecule has 3 heteroatoms. The summed E-state index contributed by atoms with van der Waals surface area (Å²) in [5.41, 5.74) is 4.93. The normalized spacial score (nSPS) is 16.3. The van der Waals surface area contributed by atoms with Crippen LogP contribution in [-0.2, 0) is 6.73 Å². The molecule has 0 radical (unpaired) electrons. The van der Waals surface area contributed by atoms with Gasteiger partial charge in [0.1, 0.15) is 0 Å². The number of ether oxygens (including phenoxy) is 1. The Balaban J connectivity index is 1.91. The molecule has 1 aromatic heterocycles. The van der Waals surface area contributed by atoms with Gasteiger partial charge in [0.25, 0.3) is 6.73 Å². The number of pyridine rings is 1. The standard InChI is InChI=1S/C20H19N2O/c1-13-5-6-15-8-7-14-9-10-16(17-4-2-3-11-21-17)20-18(14)19(15)22(13)12-23-20/h4-10,21H,2-3,11-12H2,1H3/q+1. The molecule has 0 saturated carbocycles. The number of nitrogens with zero attached hydrogens (tertiary/aromatic N) is 1. The molecule has 1 N–H and O–H groups in total. The zero-order valence-corrected chi connectivity index (χ0v) is 13.2. The molecule has 23 heavy (non-hydrogen) atoms. The summed E-state index contributed by atoms with van der Waals surface area (Å²) < 4.78 is 8.51. The molecule has 3 heterocycles. The molecule has 3 nitrogen and oxygen atoms in total. The van der Waals surface area contributed by atoms with Crippen LogP contribution >= 0.6 is 0 Å². The van der Waals surface area contributed by atoms with Gasteiger partial charge in [-0.3, -0.25) is 0 Å². The molecule has 2 aliphatic heterocycles. The van der Waals surface area contributed by atoms with E-state index in [0.717, 1.165) is 18.7 Å². The van der Waals surface area contributed by atoms with Gasteiger partial charge in [-0.25, -0.2) is 0 Å². The van der Waals surface area contributed by atoms with Gasteiger partial charge in [-0.15, -0.1) is 0 Å². The van der Waals surface area contributed by atoms with Crippen LogP contribution in [0.15, 0.2) is 42.5 Å². The van der Waals surface area contributed by atoms with E-state index >= 15 is 0 Å². The van der Waals surface area contributed by atoms with Crippen LogP contribution in [0.4, 0.5) is 0 Å². The number of nitrogens with one attached hydrogen (secondary N) is 1. The van der Waals surface area contributed by atoms with Crippen molar-refractivity contribution in [2.75, 3.05) is 6.54 Å². The predicted molar refractivity (Wildman–Crippen MR) is 92.2 cm³/mol. The van der Waals surface area contributed by atoms with Crippen LogP contribution in [0.25, 0.3) is 27.4 Å². The first-order chi connectivity index (χ1) is 11.3. The molecule has 2 aliphatic rings. The van der Waals surface area contributed by atoms with Crippen molar-refractivity contribution < 1.29 is 9.30 Å². The molecule has 0 saturated heterocycles. The Labute approximate surface area is 135 Å². The first-order valence-electron chi connectivity index (χ1n) is 8.29. The molecule has 0 atom stereocenters. The molecular weight excluding hydrogens is 284 g/mol. The Hall–Kier alpha value is -2.55. The van der Waals surface area contributed by atoms with Crippen LogP contribution in [0.5, 0.6) is 5.75 Å². The van der Waals surface area contributed by atoms with Crippen molar-refractivity contribution in [1.82, 2.24) is 5.32 Å². The van der Waals surface area contributed by atoms with Gasteiger partial charge in [-0.05, 0) is 36.4 Å². The van der Waals surface area contributed by atoms with Gasteiger partial charge in [0, 0.05) is 36.2 Å². The molecule has 0 aliphatic carbocycles. The largest absolute Gasteiger partial charge is 0.434 e. The maximum absolute atomic E-state index is 6.23. The number of aryl methyl sites for hydroxylation is 1. The highest BCUT2D eigenvalue weighted by atomic mass is 16.5. The zero-order valence-electron chi connectivity index (χ0n) is 13.2. The Bertz CT molecular complexity index is 988. The van der Waals surface area contributed by atoms with Crippen LogP contribution in [0.1, 0.15) is 24.1 Å². The van der Waals surface area contributed by atoms with Gasteiger partial charge >= 0.3 is 0 Å². The average Bonchev–Trinajstić information content (AvgIpc) is 2.62. The Morgan fingerprint density at radius 2 is 1.87 bits per heavy atom. The zero-order chi connectivity index (χ0) is 15.4. The van der Waals surface area contributed by atoms with Gasteiger partial charge in [0.2, 0.25) is 5.52 Å². The Kier molecular flexibility index (Phi) is 2.66. The summed E-state index contributed by atoms with van der Waals surface area (Å²) >= 11 is 0. The van der Waals surface area contributed by atoms with E-state index in [0.29, 0.717) is 6.73 Å². The Morgan fingerprint density at radius 1 is 1.04 bits per heavy atom. The highest BCUT2D eigenvalue weighted by Gasteiger charge is 2.27. The number of benzene rings is 2. The van der Waals surface area contributed by atoms with Crippen molar-refractivity contribution in [3.05, 3.63) is 53.7 Å². The molecule has 114 valence electrons. The summed E-state index contributed by atoms with van der Waals surface area (Å²) in [6.45, 7) is 3.76. The van der Waals surface area contributed by atoms with E-state index in [1.807, 2.05) is 0 Å². The minimum Gasteiger partial charge on any atom is -0.434 e. The van der Waals surface area contributed by atoms with Crippen molar-refractivity contribution in [1.29, 1.82) is 0 Å². The highest BCUT2D eigenvalue weighted by Crippen LogP contribution is 2.39. The van der Waals surface area contributed by atoms with E-state index in [1.165, 1.54) is 45.1 Å². The fourth-order valence-electron chi connectivity index (χ4n) is 3.79. The number of aromatic nitrogens is 1. The van der Waals surface area contributed by atoms with Crippen LogP contribution < -0.4 is 14.6 Å². The molecule has 0 amide bonds. The predicted octanol–water partition coefficient (Wildman–Crippen LogP) is 3.66. The van der Waals surface area contributed by atoms with Crippen LogP contribution in [0.2, 0.25) is 0 Å². The maximum atomic E-state index is 6.23. The summed E-state index contributed by atoms with van der Waals surface area (Å²) in [5.74, 6) is 1.03. The quantitative estimate of drug-likeness (QED) is 0.548. The molecular formula is C20H19N2O+. The molecule has 5 rings (SSSR count). The molecule has 0 fully saturated rings. The van der Waals surface area contributed by atoms with Crippen LogP contribution in [0.3, 0.4) is 0 Å². The lowest BCUT2D eigenvalue weighted by atomic mass is 9.97. The van der Waals surface area contributed by atoms with Crippen molar-refractivity contribution >= 4 is 27.4 Å². The van der Waals surface area contributed by atoms with Gasteiger partial charge in [-0.2, -0.15) is 4.57 Å². The number of hydrogen-bond donors (Lipinski definition) is 1. The van der Waals surface area contributed by atoms with Gasteiger partial charge in [0.15, 0.2) is 11.4 Å². The van der Waals surface area contributed by atoms with Crippen molar-refractivity contribution in [3.8, 4) is 5.75 Å². The minimum absolute atomic E-state index is 0.583. The third-order valence-corrected chi connectivity index (χ3v) is 5.02. The fourth-order valence-corrected chi connectivity index (χ4v) is 3.79. The summed E-state index contributed by atoms with van der Waals surface area (Å²) in [5, 5.41) is 7.28. The van der Waals surface area contributed by atoms with Crippen molar-refractivity contribution in [3.63, 3.8) is 0 Å². The van der Waals surface area contributed by atoms with E-state index in [4.69, 9.17) is 4.74 Å². The van der Waals surface area contributed by atoms with E-state index in [-0.39, 0.29) is 0 Å². The van der Waals surface area contributed by atoms with Crippen LogP contribution in [-0.4, -0.2) is 6.54 Å². The van der Waals surface area contributed by atoms with E-state index < -0.39 is 0 Å². The van der Waals surface area contributed by atoms with Crippen molar-refractivity contribution in [2.45, 2.75) is 26.5 Å². The lowest BCUT2D eigenvalue weighted by molar-refractivity contribution is -0.707. The third-order valence-electron chi connectivity index (χ3n) is 5.02. The molecule has 0 unspecified atom stereocenters. The van der Waals surface area contributed by atoms with Gasteiger partial charge < -0.3 is 10.1 Å². The van der Waals surface area contributed by atoms with Gasteiger partial charge in [0.05, 0.1) is 5.39 Å². The second-order valence-electron chi connectivity index (χ2n) is 6.41. The van der Waals surface area contributed by atoms with E-state index in [2.05, 4.69) is 59.3 Å². The first-order valence-corrected chi connectivity index (χ1v) is 8.29. The SMILES string of the molecule is Cc1ccc2ccc3ccc(C4=CCCCN4)c4c3c2[n+]1CO4. The second kappa shape index (κ2) is 4.72. The Morgan fingerprint density at radius 3 is 2.74 bits per heavy atom. The lowest BCUT2D eigenvalue weighted by Gasteiger charge is -2.22. The topological polar surface area (TPSA) is 25.1 Å². The average molecular weight is 303 g/mol. The third kappa shape index (κ3) is 1.79. The molecule has 2 aromatic carbocycles. The van der Waals surface area contributed by atoms with E-state index in [1.54, 1.807) is 0 Å². The maximum Gasteiger partial charge on any atom is 0.292 e. The lowest BCUT2D eigenvalue weighted by Crippen LogP contribution is -2.42. The number of rotatable bonds is 1. The molecule has 0 bridgehead atoms. The van der Waals surface area contributed by atoms with Gasteiger partial charge in [-0.1, -0.05) is 18.2 Å². The highest BCUT2D eigenvalue weighted by molar-refractivity contribution is 6.09. The molecule has 0 spiro atoms.